The van der Waals surface area contributed by atoms with E-state index >= 15 is 0 Å². The summed E-state index contributed by atoms with van der Waals surface area (Å²) in [6.07, 6.45) is 6.52. The average Bonchev–Trinajstić information content (AvgIpc) is 2.96. The fourth-order valence-corrected chi connectivity index (χ4v) is 2.19. The molecule has 2 heteroatoms. The Kier molecular flexibility index (Phi) is 2.29. The summed E-state index contributed by atoms with van der Waals surface area (Å²) in [7, 11) is 0. The summed E-state index contributed by atoms with van der Waals surface area (Å²) in [4.78, 5) is 3.09. The second kappa shape index (κ2) is 3.80. The van der Waals surface area contributed by atoms with Gasteiger partial charge in [0.1, 0.15) is 0 Å². The number of rotatable bonds is 4. The van der Waals surface area contributed by atoms with E-state index < -0.39 is 0 Å². The molecule has 0 unspecified atom stereocenters. The highest BCUT2D eigenvalue weighted by Crippen LogP contribution is 2.45. The summed E-state index contributed by atoms with van der Waals surface area (Å²) < 4.78 is 0. The molecule has 2 aromatic rings. The Hall–Kier alpha value is -1.54. The van der Waals surface area contributed by atoms with Gasteiger partial charge in [0.2, 0.25) is 0 Å². The Bertz CT molecular complexity index is 441. The molecule has 0 atom stereocenters. The van der Waals surface area contributed by atoms with E-state index in [1.54, 1.807) is 0 Å². The van der Waals surface area contributed by atoms with Crippen molar-refractivity contribution in [2.75, 3.05) is 0 Å². The number of aromatic nitrogens is 1. The summed E-state index contributed by atoms with van der Waals surface area (Å²) in [6, 6.07) is 12.9. The highest BCUT2D eigenvalue weighted by molar-refractivity contribution is 5.30. The van der Waals surface area contributed by atoms with Crippen LogP contribution in [0.5, 0.6) is 0 Å². The topological polar surface area (TPSA) is 27.8 Å². The van der Waals surface area contributed by atoms with Gasteiger partial charge in [-0.1, -0.05) is 30.3 Å². The van der Waals surface area contributed by atoms with Crippen molar-refractivity contribution in [3.8, 4) is 0 Å². The van der Waals surface area contributed by atoms with Crippen LogP contribution in [-0.2, 0) is 12.1 Å². The summed E-state index contributed by atoms with van der Waals surface area (Å²) in [5.74, 6) is 0. The van der Waals surface area contributed by atoms with E-state index in [1.165, 1.54) is 24.0 Å². The summed E-state index contributed by atoms with van der Waals surface area (Å²) in [5, 5.41) is 3.67. The smallest absolute Gasteiger partial charge is 0.0438 e. The van der Waals surface area contributed by atoms with E-state index in [-0.39, 0.29) is 5.54 Å². The molecule has 1 saturated carbocycles. The van der Waals surface area contributed by atoms with Crippen molar-refractivity contribution in [3.63, 3.8) is 0 Å². The van der Waals surface area contributed by atoms with Crippen LogP contribution in [0.15, 0.2) is 48.8 Å². The first-order valence-electron chi connectivity index (χ1n) is 5.81. The van der Waals surface area contributed by atoms with Crippen LogP contribution < -0.4 is 5.32 Å². The van der Waals surface area contributed by atoms with Gasteiger partial charge in [0.15, 0.2) is 0 Å². The van der Waals surface area contributed by atoms with Crippen molar-refractivity contribution in [1.29, 1.82) is 0 Å². The van der Waals surface area contributed by atoms with Gasteiger partial charge in [-0.2, -0.15) is 0 Å². The van der Waals surface area contributed by atoms with Crippen LogP contribution in [0.3, 0.4) is 0 Å². The minimum Gasteiger partial charge on any atom is -0.367 e. The van der Waals surface area contributed by atoms with Crippen molar-refractivity contribution < 1.29 is 0 Å². The third kappa shape index (κ3) is 1.76. The molecule has 2 nitrogen and oxygen atoms in total. The number of hydrogen-bond donors (Lipinski definition) is 2. The van der Waals surface area contributed by atoms with Crippen LogP contribution in [0.4, 0.5) is 0 Å². The van der Waals surface area contributed by atoms with Crippen molar-refractivity contribution in [2.45, 2.75) is 24.9 Å². The maximum atomic E-state index is 3.67. The number of hydrogen-bond acceptors (Lipinski definition) is 1. The van der Waals surface area contributed by atoms with E-state index in [0.29, 0.717) is 0 Å². The predicted octanol–water partition coefficient (Wildman–Crippen LogP) is 2.79. The highest BCUT2D eigenvalue weighted by Gasteiger charge is 2.43. The largest absolute Gasteiger partial charge is 0.367 e. The van der Waals surface area contributed by atoms with Crippen molar-refractivity contribution in [2.24, 2.45) is 0 Å². The van der Waals surface area contributed by atoms with Crippen LogP contribution >= 0.6 is 0 Å². The first-order chi connectivity index (χ1) is 7.89. The minimum atomic E-state index is 0.249. The fourth-order valence-electron chi connectivity index (χ4n) is 2.19. The molecule has 1 heterocycles. The molecule has 1 fully saturated rings. The molecule has 1 aliphatic carbocycles. The Morgan fingerprint density at radius 2 is 1.94 bits per heavy atom. The van der Waals surface area contributed by atoms with Crippen LogP contribution in [0.25, 0.3) is 0 Å². The van der Waals surface area contributed by atoms with E-state index in [2.05, 4.69) is 46.7 Å². The minimum absolute atomic E-state index is 0.249. The number of H-pyrrole nitrogens is 1. The van der Waals surface area contributed by atoms with Crippen LogP contribution in [0.1, 0.15) is 24.0 Å². The lowest BCUT2D eigenvalue weighted by Crippen LogP contribution is -2.28. The fraction of sp³-hybridized carbons (Fsp3) is 0.286. The second-order valence-corrected chi connectivity index (χ2v) is 4.52. The van der Waals surface area contributed by atoms with Crippen LogP contribution in [-0.4, -0.2) is 4.98 Å². The number of benzene rings is 1. The van der Waals surface area contributed by atoms with Gasteiger partial charge in [-0.25, -0.2) is 0 Å². The van der Waals surface area contributed by atoms with Gasteiger partial charge in [0, 0.05) is 24.5 Å². The van der Waals surface area contributed by atoms with Crippen LogP contribution in [0.2, 0.25) is 0 Å². The molecule has 1 aliphatic rings. The van der Waals surface area contributed by atoms with Gasteiger partial charge in [-0.05, 0) is 30.0 Å². The van der Waals surface area contributed by atoms with E-state index in [0.717, 1.165) is 6.54 Å². The third-order valence-corrected chi connectivity index (χ3v) is 3.37. The Morgan fingerprint density at radius 3 is 2.56 bits per heavy atom. The maximum Gasteiger partial charge on any atom is 0.0438 e. The third-order valence-electron chi connectivity index (χ3n) is 3.37. The molecule has 82 valence electrons. The normalized spacial score (nSPS) is 17.2. The molecule has 0 saturated heterocycles. The van der Waals surface area contributed by atoms with Gasteiger partial charge in [0.05, 0.1) is 0 Å². The lowest BCUT2D eigenvalue weighted by Gasteiger charge is -2.17. The monoisotopic (exact) mass is 212 g/mol. The second-order valence-electron chi connectivity index (χ2n) is 4.52. The molecule has 0 aliphatic heterocycles. The quantitative estimate of drug-likeness (QED) is 0.801. The Labute approximate surface area is 95.7 Å². The first kappa shape index (κ1) is 9.67. The molecule has 0 amide bonds. The molecule has 3 rings (SSSR count). The van der Waals surface area contributed by atoms with E-state index in [4.69, 9.17) is 0 Å². The predicted molar refractivity (Wildman–Crippen MR) is 65.0 cm³/mol. The highest BCUT2D eigenvalue weighted by atomic mass is 15.0. The average molecular weight is 212 g/mol. The van der Waals surface area contributed by atoms with E-state index in [1.807, 2.05) is 12.4 Å². The van der Waals surface area contributed by atoms with Gasteiger partial charge in [-0.15, -0.1) is 0 Å². The molecule has 2 N–H and O–H groups in total. The van der Waals surface area contributed by atoms with Crippen molar-refractivity contribution in [1.82, 2.24) is 10.3 Å². The molecule has 1 aromatic carbocycles. The van der Waals surface area contributed by atoms with Gasteiger partial charge in [-0.3, -0.25) is 0 Å². The SMILES string of the molecule is c1ccc(C2(NCc3cc[nH]c3)CC2)cc1. The van der Waals surface area contributed by atoms with Gasteiger partial charge in [0.25, 0.3) is 0 Å². The van der Waals surface area contributed by atoms with E-state index in [9.17, 15) is 0 Å². The molecular weight excluding hydrogens is 196 g/mol. The molecule has 16 heavy (non-hydrogen) atoms. The van der Waals surface area contributed by atoms with Crippen molar-refractivity contribution >= 4 is 0 Å². The summed E-state index contributed by atoms with van der Waals surface area (Å²) in [6.45, 7) is 0.943. The molecule has 0 bridgehead atoms. The zero-order valence-electron chi connectivity index (χ0n) is 9.24. The lowest BCUT2D eigenvalue weighted by molar-refractivity contribution is 0.519. The maximum absolute atomic E-state index is 3.67. The van der Waals surface area contributed by atoms with Gasteiger partial charge < -0.3 is 10.3 Å². The summed E-state index contributed by atoms with van der Waals surface area (Å²) >= 11 is 0. The zero-order valence-corrected chi connectivity index (χ0v) is 9.24. The molecule has 0 radical (unpaired) electrons. The zero-order chi connectivity index (χ0) is 10.8. The van der Waals surface area contributed by atoms with Crippen LogP contribution in [0, 0.1) is 0 Å². The number of aromatic amines is 1. The van der Waals surface area contributed by atoms with Crippen molar-refractivity contribution in [3.05, 3.63) is 59.9 Å². The molecular formula is C14H16N2. The molecule has 0 spiro atoms. The Morgan fingerprint density at radius 1 is 1.12 bits per heavy atom. The molecule has 1 aromatic heterocycles. The Balaban J connectivity index is 1.71. The first-order valence-corrected chi connectivity index (χ1v) is 5.81. The number of nitrogens with one attached hydrogen (secondary N) is 2. The lowest BCUT2D eigenvalue weighted by atomic mass is 10.0. The van der Waals surface area contributed by atoms with Gasteiger partial charge >= 0.3 is 0 Å². The standard InChI is InChI=1S/C14H16N2/c1-2-4-13(5-3-1)14(7-8-14)16-11-12-6-9-15-10-12/h1-6,9-10,15-16H,7-8,11H2. The summed E-state index contributed by atoms with van der Waals surface area (Å²) in [5.41, 5.74) is 2.99.